The molecule has 0 fully saturated rings. The standard InChI is InChI=1S/C22H21ClN4O3S2/c1-13(2)9-20-25-19(26-30-20)12-32-22-24-17(11-15-5-4-8-31-15)21(28)27(22)14-6-7-18(29-3)16(23)10-14/h4-8,10-11,13H,9,12H2,1-3H3/b17-11-. The second-order valence-electron chi connectivity index (χ2n) is 7.39. The number of nitrogens with zero attached hydrogens (tertiary/aromatic N) is 4. The van der Waals surface area contributed by atoms with Gasteiger partial charge < -0.3 is 9.26 Å². The van der Waals surface area contributed by atoms with E-state index in [0.29, 0.717) is 50.7 Å². The van der Waals surface area contributed by atoms with Gasteiger partial charge in [0.1, 0.15) is 11.4 Å². The zero-order valence-electron chi connectivity index (χ0n) is 17.7. The molecule has 3 aromatic rings. The third-order valence-corrected chi connectivity index (χ3v) is 6.52. The van der Waals surface area contributed by atoms with E-state index in [0.717, 1.165) is 11.3 Å². The van der Waals surface area contributed by atoms with E-state index < -0.39 is 0 Å². The van der Waals surface area contributed by atoms with Crippen molar-refractivity contribution >= 4 is 57.5 Å². The van der Waals surface area contributed by atoms with Crippen LogP contribution in [0.2, 0.25) is 5.02 Å². The third-order valence-electron chi connectivity index (χ3n) is 4.47. The van der Waals surface area contributed by atoms with Crippen molar-refractivity contribution in [2.45, 2.75) is 26.0 Å². The minimum absolute atomic E-state index is 0.226. The number of ether oxygens (including phenoxy) is 1. The summed E-state index contributed by atoms with van der Waals surface area (Å²) >= 11 is 9.23. The fraction of sp³-hybridized carbons (Fsp3) is 0.273. The molecule has 1 aromatic carbocycles. The van der Waals surface area contributed by atoms with Crippen LogP contribution in [0.15, 0.2) is 50.9 Å². The van der Waals surface area contributed by atoms with Crippen LogP contribution in [0.4, 0.5) is 5.69 Å². The number of aliphatic imine (C=N–C) groups is 1. The molecule has 1 amide bonds. The van der Waals surface area contributed by atoms with Gasteiger partial charge in [-0.1, -0.05) is 48.4 Å². The van der Waals surface area contributed by atoms with Crippen molar-refractivity contribution in [1.29, 1.82) is 0 Å². The predicted molar refractivity (Wildman–Crippen MR) is 129 cm³/mol. The summed E-state index contributed by atoms with van der Waals surface area (Å²) in [4.78, 5) is 24.8. The zero-order valence-corrected chi connectivity index (χ0v) is 20.1. The van der Waals surface area contributed by atoms with E-state index in [2.05, 4.69) is 29.0 Å². The van der Waals surface area contributed by atoms with Gasteiger partial charge in [0.05, 0.1) is 23.6 Å². The van der Waals surface area contributed by atoms with Crippen LogP contribution >= 0.6 is 34.7 Å². The number of thiophene rings is 1. The van der Waals surface area contributed by atoms with E-state index in [1.54, 1.807) is 47.6 Å². The Morgan fingerprint density at radius 1 is 1.34 bits per heavy atom. The van der Waals surface area contributed by atoms with Gasteiger partial charge in [0.25, 0.3) is 5.91 Å². The van der Waals surface area contributed by atoms with Crippen molar-refractivity contribution in [2.75, 3.05) is 12.0 Å². The maximum Gasteiger partial charge on any atom is 0.283 e. The van der Waals surface area contributed by atoms with Gasteiger partial charge in [0, 0.05) is 11.3 Å². The summed E-state index contributed by atoms with van der Waals surface area (Å²) in [7, 11) is 1.55. The molecule has 0 saturated heterocycles. The summed E-state index contributed by atoms with van der Waals surface area (Å²) in [6, 6.07) is 9.07. The third kappa shape index (κ3) is 5.06. The highest BCUT2D eigenvalue weighted by molar-refractivity contribution is 8.13. The second kappa shape index (κ2) is 9.89. The minimum atomic E-state index is -0.226. The Labute approximate surface area is 199 Å². The van der Waals surface area contributed by atoms with Crippen LogP contribution in [-0.4, -0.2) is 28.3 Å². The van der Waals surface area contributed by atoms with Gasteiger partial charge in [-0.3, -0.25) is 9.69 Å². The van der Waals surface area contributed by atoms with E-state index in [9.17, 15) is 4.79 Å². The highest BCUT2D eigenvalue weighted by Gasteiger charge is 2.32. The van der Waals surface area contributed by atoms with Crippen LogP contribution in [0.25, 0.3) is 6.08 Å². The molecule has 10 heteroatoms. The zero-order chi connectivity index (χ0) is 22.7. The fourth-order valence-electron chi connectivity index (χ4n) is 3.03. The molecule has 0 spiro atoms. The maximum absolute atomic E-state index is 13.3. The monoisotopic (exact) mass is 488 g/mol. The molecule has 4 rings (SSSR count). The number of amidine groups is 1. The summed E-state index contributed by atoms with van der Waals surface area (Å²) < 4.78 is 10.6. The fourth-order valence-corrected chi connectivity index (χ4v) is 4.79. The Hall–Kier alpha value is -2.62. The first-order chi connectivity index (χ1) is 15.4. The van der Waals surface area contributed by atoms with Gasteiger partial charge in [-0.15, -0.1) is 11.3 Å². The maximum atomic E-state index is 13.3. The lowest BCUT2D eigenvalue weighted by atomic mass is 10.1. The summed E-state index contributed by atoms with van der Waals surface area (Å²) in [5.74, 6) is 2.32. The molecular formula is C22H21ClN4O3S2. The molecule has 166 valence electrons. The van der Waals surface area contributed by atoms with Crippen LogP contribution in [0.3, 0.4) is 0 Å². The van der Waals surface area contributed by atoms with Gasteiger partial charge >= 0.3 is 0 Å². The summed E-state index contributed by atoms with van der Waals surface area (Å²) in [6.07, 6.45) is 2.51. The van der Waals surface area contributed by atoms with Gasteiger partial charge in [-0.05, 0) is 41.6 Å². The number of hydrogen-bond donors (Lipinski definition) is 0. The van der Waals surface area contributed by atoms with Gasteiger partial charge in [0.2, 0.25) is 5.89 Å². The Morgan fingerprint density at radius 2 is 2.19 bits per heavy atom. The molecule has 0 saturated carbocycles. The Kier molecular flexibility index (Phi) is 6.98. The minimum Gasteiger partial charge on any atom is -0.495 e. The first-order valence-electron chi connectivity index (χ1n) is 9.90. The van der Waals surface area contributed by atoms with Crippen LogP contribution in [0.1, 0.15) is 30.4 Å². The van der Waals surface area contributed by atoms with Crippen molar-refractivity contribution in [3.63, 3.8) is 0 Å². The van der Waals surface area contributed by atoms with Gasteiger partial charge in [-0.2, -0.15) is 4.98 Å². The Morgan fingerprint density at radius 3 is 2.88 bits per heavy atom. The molecule has 7 nitrogen and oxygen atoms in total. The normalized spacial score (nSPS) is 15.2. The van der Waals surface area contributed by atoms with Crippen LogP contribution in [0, 0.1) is 5.92 Å². The van der Waals surface area contributed by atoms with Crippen molar-refractivity contribution < 1.29 is 14.1 Å². The molecule has 0 radical (unpaired) electrons. The molecule has 2 aromatic heterocycles. The van der Waals surface area contributed by atoms with Crippen LogP contribution in [0.5, 0.6) is 5.75 Å². The lowest BCUT2D eigenvalue weighted by molar-refractivity contribution is -0.113. The highest BCUT2D eigenvalue weighted by atomic mass is 35.5. The van der Waals surface area contributed by atoms with E-state index in [-0.39, 0.29) is 5.91 Å². The number of carbonyl (C=O) groups excluding carboxylic acids is 1. The number of rotatable bonds is 7. The molecule has 32 heavy (non-hydrogen) atoms. The molecule has 3 heterocycles. The summed E-state index contributed by atoms with van der Waals surface area (Å²) in [5, 5.41) is 6.94. The number of anilines is 1. The largest absolute Gasteiger partial charge is 0.495 e. The topological polar surface area (TPSA) is 80.8 Å². The molecular weight excluding hydrogens is 468 g/mol. The molecule has 0 atom stereocenters. The smallest absolute Gasteiger partial charge is 0.283 e. The number of methoxy groups -OCH3 is 1. The van der Waals surface area contributed by atoms with E-state index in [1.165, 1.54) is 11.8 Å². The number of aromatic nitrogens is 2. The van der Waals surface area contributed by atoms with Crippen molar-refractivity contribution in [1.82, 2.24) is 10.1 Å². The first-order valence-corrected chi connectivity index (χ1v) is 12.1. The average Bonchev–Trinajstić information content (AvgIpc) is 3.48. The predicted octanol–water partition coefficient (Wildman–Crippen LogP) is 5.67. The van der Waals surface area contributed by atoms with Crippen molar-refractivity contribution in [3.05, 3.63) is 63.0 Å². The summed E-state index contributed by atoms with van der Waals surface area (Å²) in [5.41, 5.74) is 0.964. The van der Waals surface area contributed by atoms with E-state index in [4.69, 9.17) is 20.9 Å². The van der Waals surface area contributed by atoms with Crippen LogP contribution < -0.4 is 9.64 Å². The van der Waals surface area contributed by atoms with E-state index in [1.807, 2.05) is 17.5 Å². The van der Waals surface area contributed by atoms with Crippen LogP contribution in [-0.2, 0) is 17.0 Å². The molecule has 0 bridgehead atoms. The van der Waals surface area contributed by atoms with Gasteiger partial charge in [-0.25, -0.2) is 4.99 Å². The van der Waals surface area contributed by atoms with Crippen molar-refractivity contribution in [2.24, 2.45) is 10.9 Å². The quantitative estimate of drug-likeness (QED) is 0.398. The average molecular weight is 489 g/mol. The molecule has 0 unspecified atom stereocenters. The molecule has 1 aliphatic rings. The molecule has 0 aliphatic carbocycles. The lowest BCUT2D eigenvalue weighted by Crippen LogP contribution is -2.30. The number of halogens is 1. The number of thioether (sulfide) groups is 1. The highest BCUT2D eigenvalue weighted by Crippen LogP contribution is 2.35. The number of carbonyl (C=O) groups is 1. The Balaban J connectivity index is 1.61. The molecule has 0 N–H and O–H groups in total. The first kappa shape index (κ1) is 22.6. The molecule has 1 aliphatic heterocycles. The Bertz CT molecular complexity index is 1170. The summed E-state index contributed by atoms with van der Waals surface area (Å²) in [6.45, 7) is 4.19. The lowest BCUT2D eigenvalue weighted by Gasteiger charge is -2.18. The van der Waals surface area contributed by atoms with Gasteiger partial charge in [0.15, 0.2) is 11.0 Å². The SMILES string of the molecule is COc1ccc(N2C(=O)/C(=C/c3cccs3)N=C2SCc2noc(CC(C)C)n2)cc1Cl. The number of benzene rings is 1. The van der Waals surface area contributed by atoms with E-state index >= 15 is 0 Å². The number of amides is 1. The second-order valence-corrected chi connectivity index (χ2v) is 9.72. The number of hydrogen-bond acceptors (Lipinski definition) is 8. The van der Waals surface area contributed by atoms with Crippen molar-refractivity contribution in [3.8, 4) is 5.75 Å².